The Labute approximate surface area is 108 Å². The molecule has 0 saturated carbocycles. The van der Waals surface area contributed by atoms with Gasteiger partial charge in [0, 0.05) is 31.0 Å². The Morgan fingerprint density at radius 3 is 2.56 bits per heavy atom. The third-order valence-electron chi connectivity index (χ3n) is 2.39. The van der Waals surface area contributed by atoms with E-state index in [2.05, 4.69) is 16.8 Å². The molecule has 0 aromatic carbocycles. The first-order valence-electron chi connectivity index (χ1n) is 5.70. The average Bonchev–Trinajstić information content (AvgIpc) is 2.38. The normalized spacial score (nSPS) is 11.1. The van der Waals surface area contributed by atoms with Gasteiger partial charge in [0.2, 0.25) is 10.0 Å². The van der Waals surface area contributed by atoms with Crippen LogP contribution in [0.5, 0.6) is 0 Å². The summed E-state index contributed by atoms with van der Waals surface area (Å²) in [6.45, 7) is 4.68. The Kier molecular flexibility index (Phi) is 5.28. The van der Waals surface area contributed by atoms with E-state index in [0.29, 0.717) is 18.7 Å². The number of sulfonamides is 1. The maximum absolute atomic E-state index is 12.2. The average molecular weight is 267 g/mol. The summed E-state index contributed by atoms with van der Waals surface area (Å²) in [5.74, 6) is 5.44. The fraction of sp³-hybridized carbons (Fsp3) is 0.417. The van der Waals surface area contributed by atoms with Crippen LogP contribution in [0, 0.1) is 11.8 Å². The van der Waals surface area contributed by atoms with E-state index in [0.717, 1.165) is 0 Å². The molecule has 0 bridgehead atoms. The van der Waals surface area contributed by atoms with Gasteiger partial charge in [0.25, 0.3) is 0 Å². The molecular weight excluding hydrogens is 250 g/mol. The number of pyridine rings is 1. The van der Waals surface area contributed by atoms with E-state index in [1.165, 1.54) is 22.8 Å². The molecule has 0 aliphatic heterocycles. The summed E-state index contributed by atoms with van der Waals surface area (Å²) in [5, 5.41) is 0. The first kappa shape index (κ1) is 14.6. The van der Waals surface area contributed by atoms with Crippen molar-refractivity contribution in [3.8, 4) is 11.8 Å². The first-order valence-corrected chi connectivity index (χ1v) is 7.14. The summed E-state index contributed by atoms with van der Waals surface area (Å²) in [6, 6.07) is 1.52. The molecule has 0 unspecified atom stereocenters. The monoisotopic (exact) mass is 267 g/mol. The van der Waals surface area contributed by atoms with Crippen LogP contribution in [0.3, 0.4) is 0 Å². The molecule has 0 atom stereocenters. The molecule has 0 saturated heterocycles. The van der Waals surface area contributed by atoms with E-state index >= 15 is 0 Å². The summed E-state index contributed by atoms with van der Waals surface area (Å²) in [6.07, 6.45) is 2.85. The highest BCUT2D eigenvalue weighted by Gasteiger charge is 2.21. The maximum atomic E-state index is 12.2. The van der Waals surface area contributed by atoms with E-state index in [1.807, 2.05) is 0 Å². The predicted molar refractivity (Wildman–Crippen MR) is 70.3 cm³/mol. The fourth-order valence-corrected chi connectivity index (χ4v) is 2.94. The van der Waals surface area contributed by atoms with Gasteiger partial charge < -0.3 is 5.73 Å². The van der Waals surface area contributed by atoms with E-state index in [1.54, 1.807) is 13.8 Å². The van der Waals surface area contributed by atoms with Gasteiger partial charge >= 0.3 is 0 Å². The summed E-state index contributed by atoms with van der Waals surface area (Å²) < 4.78 is 25.8. The predicted octanol–water partition coefficient (Wildman–Crippen LogP) is 0.422. The van der Waals surface area contributed by atoms with E-state index in [-0.39, 0.29) is 11.4 Å². The van der Waals surface area contributed by atoms with Gasteiger partial charge in [-0.3, -0.25) is 4.98 Å². The smallest absolute Gasteiger partial charge is 0.244 e. The van der Waals surface area contributed by atoms with E-state index < -0.39 is 10.0 Å². The van der Waals surface area contributed by atoms with Gasteiger partial charge in [-0.2, -0.15) is 4.31 Å². The van der Waals surface area contributed by atoms with Crippen LogP contribution in [0.4, 0.5) is 0 Å². The second-order valence-electron chi connectivity index (χ2n) is 3.50. The van der Waals surface area contributed by atoms with Gasteiger partial charge in [-0.1, -0.05) is 25.7 Å². The molecule has 0 radical (unpaired) electrons. The third-order valence-corrected chi connectivity index (χ3v) is 4.41. The van der Waals surface area contributed by atoms with Gasteiger partial charge in [0.15, 0.2) is 0 Å². The van der Waals surface area contributed by atoms with Crippen molar-refractivity contribution in [2.24, 2.45) is 5.73 Å². The van der Waals surface area contributed by atoms with Crippen LogP contribution in [-0.4, -0.2) is 37.3 Å². The lowest BCUT2D eigenvalue weighted by atomic mass is 10.3. The Balaban J connectivity index is 3.17. The van der Waals surface area contributed by atoms with Gasteiger partial charge in [0.1, 0.15) is 4.90 Å². The Bertz CT molecular complexity index is 554. The van der Waals surface area contributed by atoms with Gasteiger partial charge in [-0.15, -0.1) is 0 Å². The number of hydrogen-bond donors (Lipinski definition) is 1. The van der Waals surface area contributed by atoms with Crippen LogP contribution < -0.4 is 5.73 Å². The fourth-order valence-electron chi connectivity index (χ4n) is 1.49. The zero-order chi connectivity index (χ0) is 13.6. The Morgan fingerprint density at radius 1 is 1.33 bits per heavy atom. The molecule has 0 aliphatic rings. The van der Waals surface area contributed by atoms with Crippen LogP contribution in [0.1, 0.15) is 19.4 Å². The summed E-state index contributed by atoms with van der Waals surface area (Å²) >= 11 is 0. The van der Waals surface area contributed by atoms with Crippen LogP contribution in [0.2, 0.25) is 0 Å². The van der Waals surface area contributed by atoms with Crippen molar-refractivity contribution in [3.63, 3.8) is 0 Å². The second kappa shape index (κ2) is 6.50. The minimum Gasteiger partial charge on any atom is -0.320 e. The molecule has 1 rings (SSSR count). The number of hydrogen-bond acceptors (Lipinski definition) is 4. The van der Waals surface area contributed by atoms with Crippen molar-refractivity contribution in [1.29, 1.82) is 0 Å². The SMILES string of the molecule is CCN(CC)S(=O)(=O)c1cncc(C#CCN)c1. The van der Waals surface area contributed by atoms with Crippen molar-refractivity contribution < 1.29 is 8.42 Å². The molecule has 98 valence electrons. The van der Waals surface area contributed by atoms with Crippen molar-refractivity contribution in [2.75, 3.05) is 19.6 Å². The molecule has 18 heavy (non-hydrogen) atoms. The zero-order valence-electron chi connectivity index (χ0n) is 10.5. The molecule has 0 aliphatic carbocycles. The first-order chi connectivity index (χ1) is 8.56. The van der Waals surface area contributed by atoms with Gasteiger partial charge in [0.05, 0.1) is 6.54 Å². The third kappa shape index (κ3) is 3.29. The summed E-state index contributed by atoms with van der Waals surface area (Å²) in [7, 11) is -3.48. The molecule has 2 N–H and O–H groups in total. The minimum absolute atomic E-state index is 0.162. The lowest BCUT2D eigenvalue weighted by Gasteiger charge is -2.18. The highest BCUT2D eigenvalue weighted by Crippen LogP contribution is 2.15. The van der Waals surface area contributed by atoms with Crippen molar-refractivity contribution in [1.82, 2.24) is 9.29 Å². The van der Waals surface area contributed by atoms with Crippen LogP contribution >= 0.6 is 0 Å². The topological polar surface area (TPSA) is 76.3 Å². The van der Waals surface area contributed by atoms with Crippen LogP contribution in [0.15, 0.2) is 23.4 Å². The molecular formula is C12H17N3O2S. The highest BCUT2D eigenvalue weighted by molar-refractivity contribution is 7.89. The molecule has 1 aromatic rings. The largest absolute Gasteiger partial charge is 0.320 e. The minimum atomic E-state index is -3.48. The lowest BCUT2D eigenvalue weighted by Crippen LogP contribution is -2.30. The number of rotatable bonds is 4. The van der Waals surface area contributed by atoms with E-state index in [9.17, 15) is 8.42 Å². The Hall–Kier alpha value is -1.42. The summed E-state index contributed by atoms with van der Waals surface area (Å²) in [5.41, 5.74) is 5.82. The quantitative estimate of drug-likeness (QED) is 0.802. The number of nitrogens with zero attached hydrogens (tertiary/aromatic N) is 2. The van der Waals surface area contributed by atoms with Crippen molar-refractivity contribution in [3.05, 3.63) is 24.0 Å². The number of aromatic nitrogens is 1. The molecule has 0 fully saturated rings. The molecule has 1 heterocycles. The number of nitrogens with two attached hydrogens (primary N) is 1. The molecule has 5 nitrogen and oxygen atoms in total. The molecule has 1 aromatic heterocycles. The summed E-state index contributed by atoms with van der Waals surface area (Å²) in [4.78, 5) is 4.07. The molecule has 6 heteroatoms. The molecule has 0 amide bonds. The lowest BCUT2D eigenvalue weighted by molar-refractivity contribution is 0.445. The van der Waals surface area contributed by atoms with Crippen molar-refractivity contribution >= 4 is 10.0 Å². The zero-order valence-corrected chi connectivity index (χ0v) is 11.4. The van der Waals surface area contributed by atoms with Crippen LogP contribution in [0.25, 0.3) is 0 Å². The standard InChI is InChI=1S/C12H17N3O2S/c1-3-15(4-2)18(16,17)12-8-11(6-5-7-13)9-14-10-12/h8-10H,3-4,7,13H2,1-2H3. The van der Waals surface area contributed by atoms with Gasteiger partial charge in [-0.25, -0.2) is 8.42 Å². The Morgan fingerprint density at radius 2 is 2.00 bits per heavy atom. The highest BCUT2D eigenvalue weighted by atomic mass is 32.2. The maximum Gasteiger partial charge on any atom is 0.244 e. The van der Waals surface area contributed by atoms with Crippen LogP contribution in [-0.2, 0) is 10.0 Å². The van der Waals surface area contributed by atoms with Gasteiger partial charge in [-0.05, 0) is 6.07 Å². The second-order valence-corrected chi connectivity index (χ2v) is 5.44. The molecule has 0 spiro atoms. The van der Waals surface area contributed by atoms with E-state index in [4.69, 9.17) is 5.73 Å². The van der Waals surface area contributed by atoms with Crippen molar-refractivity contribution in [2.45, 2.75) is 18.7 Å².